The molecule has 1 atom stereocenters. The molecule has 1 N–H and O–H groups in total. The second-order valence-electron chi connectivity index (χ2n) is 4.63. The summed E-state index contributed by atoms with van der Waals surface area (Å²) in [6.45, 7) is 1.98. The molecule has 21 heavy (non-hydrogen) atoms. The summed E-state index contributed by atoms with van der Waals surface area (Å²) in [6, 6.07) is 12.8. The van der Waals surface area contributed by atoms with Crippen LogP contribution in [0.1, 0.15) is 24.1 Å². The van der Waals surface area contributed by atoms with Crippen molar-refractivity contribution in [2.75, 3.05) is 14.2 Å². The minimum atomic E-state index is -0.0515. The Bertz CT molecular complexity index is 638. The number of para-hydroxylation sites is 1. The smallest absolute Gasteiger partial charge is 0.161 e. The predicted octanol–water partition coefficient (Wildman–Crippen LogP) is 3.59. The Kier molecular flexibility index (Phi) is 4.82. The fourth-order valence-electron chi connectivity index (χ4n) is 1.99. The van der Waals surface area contributed by atoms with E-state index in [9.17, 15) is 5.11 Å². The van der Waals surface area contributed by atoms with Gasteiger partial charge in [0.2, 0.25) is 0 Å². The maximum atomic E-state index is 9.72. The lowest BCUT2D eigenvalue weighted by molar-refractivity contribution is 0.354. The van der Waals surface area contributed by atoms with Crippen LogP contribution < -0.4 is 9.47 Å². The fraction of sp³-hybridized carbons (Fsp3) is 0.235. The second kappa shape index (κ2) is 6.79. The van der Waals surface area contributed by atoms with E-state index < -0.39 is 0 Å². The fourth-order valence-corrected chi connectivity index (χ4v) is 1.99. The summed E-state index contributed by atoms with van der Waals surface area (Å²) in [4.78, 5) is 4.47. The minimum Gasteiger partial charge on any atom is -0.507 e. The Morgan fingerprint density at radius 1 is 1.05 bits per heavy atom. The van der Waals surface area contributed by atoms with Crippen LogP contribution in [-0.2, 0) is 0 Å². The third-order valence-electron chi connectivity index (χ3n) is 3.26. The highest BCUT2D eigenvalue weighted by atomic mass is 16.5. The van der Waals surface area contributed by atoms with E-state index in [0.717, 1.165) is 5.56 Å². The molecule has 4 heteroatoms. The number of phenols is 1. The Labute approximate surface area is 124 Å². The maximum absolute atomic E-state index is 9.72. The largest absolute Gasteiger partial charge is 0.507 e. The van der Waals surface area contributed by atoms with E-state index in [4.69, 9.17) is 9.47 Å². The molecule has 0 saturated heterocycles. The molecule has 0 bridgehead atoms. The quantitative estimate of drug-likeness (QED) is 0.854. The molecular formula is C17H19NO3. The van der Waals surface area contributed by atoms with Crippen molar-refractivity contribution in [2.45, 2.75) is 13.0 Å². The summed E-state index contributed by atoms with van der Waals surface area (Å²) in [5.74, 6) is 1.60. The van der Waals surface area contributed by atoms with Crippen LogP contribution in [0, 0.1) is 0 Å². The van der Waals surface area contributed by atoms with Gasteiger partial charge in [-0.15, -0.1) is 0 Å². The van der Waals surface area contributed by atoms with Crippen molar-refractivity contribution < 1.29 is 14.6 Å². The van der Waals surface area contributed by atoms with Crippen LogP contribution in [-0.4, -0.2) is 25.5 Å². The molecule has 0 radical (unpaired) electrons. The third-order valence-corrected chi connectivity index (χ3v) is 3.26. The van der Waals surface area contributed by atoms with Crippen molar-refractivity contribution in [3.63, 3.8) is 0 Å². The van der Waals surface area contributed by atoms with Crippen molar-refractivity contribution >= 4 is 6.21 Å². The van der Waals surface area contributed by atoms with Gasteiger partial charge in [0.25, 0.3) is 0 Å². The number of hydrogen-bond acceptors (Lipinski definition) is 4. The van der Waals surface area contributed by atoms with Crippen LogP contribution in [0.3, 0.4) is 0 Å². The van der Waals surface area contributed by atoms with Gasteiger partial charge < -0.3 is 14.6 Å². The Hall–Kier alpha value is -2.49. The Morgan fingerprint density at radius 3 is 2.43 bits per heavy atom. The zero-order valence-corrected chi connectivity index (χ0v) is 12.4. The highest BCUT2D eigenvalue weighted by Gasteiger charge is 2.09. The molecule has 0 fully saturated rings. The number of hydrogen-bond donors (Lipinski definition) is 1. The van der Waals surface area contributed by atoms with Gasteiger partial charge in [-0.25, -0.2) is 0 Å². The van der Waals surface area contributed by atoms with Crippen molar-refractivity contribution in [2.24, 2.45) is 4.99 Å². The first kappa shape index (κ1) is 14.9. The maximum Gasteiger partial charge on any atom is 0.161 e. The molecule has 0 amide bonds. The molecule has 0 aliphatic rings. The second-order valence-corrected chi connectivity index (χ2v) is 4.63. The standard InChI is InChI=1S/C17H19NO3/c1-12(18-11-14-6-4-5-7-15(14)19)13-8-9-16(20-2)17(10-13)21-3/h4-12,19H,1-3H3/t12-/m1/s1. The zero-order valence-electron chi connectivity index (χ0n) is 12.4. The predicted molar refractivity (Wildman–Crippen MR) is 83.7 cm³/mol. The van der Waals surface area contributed by atoms with E-state index >= 15 is 0 Å². The lowest BCUT2D eigenvalue weighted by Gasteiger charge is -2.12. The van der Waals surface area contributed by atoms with Gasteiger partial charge in [-0.05, 0) is 36.8 Å². The van der Waals surface area contributed by atoms with Crippen LogP contribution in [0.2, 0.25) is 0 Å². The van der Waals surface area contributed by atoms with E-state index in [2.05, 4.69) is 4.99 Å². The molecule has 0 aliphatic heterocycles. The molecular weight excluding hydrogens is 266 g/mol. The molecule has 0 unspecified atom stereocenters. The molecule has 110 valence electrons. The highest BCUT2D eigenvalue weighted by molar-refractivity contribution is 5.83. The number of phenolic OH excluding ortho intramolecular Hbond substituents is 1. The molecule has 2 aromatic rings. The molecule has 0 aromatic heterocycles. The van der Waals surface area contributed by atoms with Gasteiger partial charge in [0.1, 0.15) is 5.75 Å². The molecule has 0 heterocycles. The van der Waals surface area contributed by atoms with Gasteiger partial charge in [0, 0.05) is 11.8 Å². The van der Waals surface area contributed by atoms with E-state index in [-0.39, 0.29) is 11.8 Å². The lowest BCUT2D eigenvalue weighted by Crippen LogP contribution is -1.95. The molecule has 2 rings (SSSR count). The number of methoxy groups -OCH3 is 2. The molecule has 0 saturated carbocycles. The molecule has 4 nitrogen and oxygen atoms in total. The lowest BCUT2D eigenvalue weighted by atomic mass is 10.1. The van der Waals surface area contributed by atoms with Crippen LogP contribution >= 0.6 is 0 Å². The van der Waals surface area contributed by atoms with Crippen LogP contribution in [0.5, 0.6) is 17.2 Å². The van der Waals surface area contributed by atoms with Crippen molar-refractivity contribution in [1.29, 1.82) is 0 Å². The summed E-state index contributed by atoms with van der Waals surface area (Å²) >= 11 is 0. The Balaban J connectivity index is 2.20. The van der Waals surface area contributed by atoms with Gasteiger partial charge in [-0.1, -0.05) is 18.2 Å². The molecule has 2 aromatic carbocycles. The average molecular weight is 285 g/mol. The number of benzene rings is 2. The van der Waals surface area contributed by atoms with Gasteiger partial charge in [-0.3, -0.25) is 4.99 Å². The summed E-state index contributed by atoms with van der Waals surface area (Å²) in [7, 11) is 3.22. The number of nitrogens with zero attached hydrogens (tertiary/aromatic N) is 1. The average Bonchev–Trinajstić information content (AvgIpc) is 2.53. The monoisotopic (exact) mass is 285 g/mol. The number of aromatic hydroxyl groups is 1. The van der Waals surface area contributed by atoms with Crippen LogP contribution in [0.25, 0.3) is 0 Å². The normalized spacial score (nSPS) is 12.3. The summed E-state index contributed by atoms with van der Waals surface area (Å²) in [6.07, 6.45) is 1.68. The molecule has 0 aliphatic carbocycles. The van der Waals surface area contributed by atoms with Crippen molar-refractivity contribution in [3.8, 4) is 17.2 Å². The minimum absolute atomic E-state index is 0.0515. The number of ether oxygens (including phenoxy) is 2. The van der Waals surface area contributed by atoms with E-state index in [1.807, 2.05) is 37.3 Å². The first-order chi connectivity index (χ1) is 10.2. The number of aliphatic imine (C=N–C) groups is 1. The van der Waals surface area contributed by atoms with Crippen LogP contribution in [0.15, 0.2) is 47.5 Å². The summed E-state index contributed by atoms with van der Waals surface area (Å²) in [5, 5.41) is 9.72. The van der Waals surface area contributed by atoms with E-state index in [0.29, 0.717) is 17.1 Å². The third kappa shape index (κ3) is 3.54. The van der Waals surface area contributed by atoms with Gasteiger partial charge in [-0.2, -0.15) is 0 Å². The topological polar surface area (TPSA) is 51.0 Å². The van der Waals surface area contributed by atoms with E-state index in [1.54, 1.807) is 32.6 Å². The van der Waals surface area contributed by atoms with Gasteiger partial charge in [0.05, 0.1) is 20.3 Å². The van der Waals surface area contributed by atoms with Gasteiger partial charge in [0.15, 0.2) is 11.5 Å². The molecule has 0 spiro atoms. The summed E-state index contributed by atoms with van der Waals surface area (Å²) in [5.41, 5.74) is 1.71. The first-order valence-electron chi connectivity index (χ1n) is 6.68. The first-order valence-corrected chi connectivity index (χ1v) is 6.68. The van der Waals surface area contributed by atoms with Crippen molar-refractivity contribution in [3.05, 3.63) is 53.6 Å². The highest BCUT2D eigenvalue weighted by Crippen LogP contribution is 2.31. The van der Waals surface area contributed by atoms with Crippen molar-refractivity contribution in [1.82, 2.24) is 0 Å². The van der Waals surface area contributed by atoms with Crippen LogP contribution in [0.4, 0.5) is 0 Å². The van der Waals surface area contributed by atoms with E-state index in [1.165, 1.54) is 0 Å². The Morgan fingerprint density at radius 2 is 1.76 bits per heavy atom. The summed E-state index contributed by atoms with van der Waals surface area (Å²) < 4.78 is 10.5. The van der Waals surface area contributed by atoms with Gasteiger partial charge >= 0.3 is 0 Å². The SMILES string of the molecule is COc1ccc([C@@H](C)N=Cc2ccccc2O)cc1OC. The zero-order chi connectivity index (χ0) is 15.2. The number of rotatable bonds is 5.